The fourth-order valence-corrected chi connectivity index (χ4v) is 3.16. The molecule has 1 amide bonds. The molecule has 2 aromatic rings. The quantitative estimate of drug-likeness (QED) is 0.763. The lowest BCUT2D eigenvalue weighted by Gasteiger charge is -2.18. The van der Waals surface area contributed by atoms with Crippen molar-refractivity contribution < 1.29 is 9.18 Å². The molecule has 0 aliphatic heterocycles. The van der Waals surface area contributed by atoms with E-state index in [1.54, 1.807) is 18.2 Å². The zero-order valence-corrected chi connectivity index (χ0v) is 13.9. The van der Waals surface area contributed by atoms with Gasteiger partial charge in [-0.25, -0.2) is 4.39 Å². The molecule has 0 heterocycles. The van der Waals surface area contributed by atoms with Gasteiger partial charge >= 0.3 is 0 Å². The molecule has 0 spiro atoms. The second kappa shape index (κ2) is 8.70. The van der Waals surface area contributed by atoms with Gasteiger partial charge in [0.15, 0.2) is 0 Å². The van der Waals surface area contributed by atoms with Crippen molar-refractivity contribution in [3.63, 3.8) is 0 Å². The lowest BCUT2D eigenvalue weighted by Crippen LogP contribution is -2.31. The maximum Gasteiger partial charge on any atom is 0.237 e. The molecule has 0 fully saturated rings. The average molecular weight is 332 g/mol. The number of hydrogen-bond donors (Lipinski definition) is 2. The molecular weight excluding hydrogens is 311 g/mol. The van der Waals surface area contributed by atoms with Crippen molar-refractivity contribution in [2.75, 3.05) is 6.54 Å². The average Bonchev–Trinajstić information content (AvgIpc) is 2.54. The van der Waals surface area contributed by atoms with Crippen molar-refractivity contribution in [2.24, 2.45) is 5.73 Å². The standard InChI is InChI=1S/C18H21FN2OS/c1-13(20)11-12-21-18(22)17(14-7-3-2-4-8-14)23-16-10-6-5-9-15(16)19/h2-10,13,17H,11-12,20H2,1H3,(H,21,22). The van der Waals surface area contributed by atoms with Gasteiger partial charge in [0.05, 0.1) is 0 Å². The number of hydrogen-bond acceptors (Lipinski definition) is 3. The summed E-state index contributed by atoms with van der Waals surface area (Å²) in [5.41, 5.74) is 6.55. The maximum atomic E-state index is 13.9. The Labute approximate surface area is 140 Å². The number of amides is 1. The summed E-state index contributed by atoms with van der Waals surface area (Å²) >= 11 is 1.22. The van der Waals surface area contributed by atoms with Crippen molar-refractivity contribution in [3.8, 4) is 0 Å². The third kappa shape index (κ3) is 5.37. The summed E-state index contributed by atoms with van der Waals surface area (Å²) in [5.74, 6) is -0.452. The SMILES string of the molecule is CC(N)CCNC(=O)C(Sc1ccccc1F)c1ccccc1. The van der Waals surface area contributed by atoms with Crippen molar-refractivity contribution in [3.05, 3.63) is 66.0 Å². The van der Waals surface area contributed by atoms with Crippen molar-refractivity contribution in [1.29, 1.82) is 0 Å². The summed E-state index contributed by atoms with van der Waals surface area (Å²) in [4.78, 5) is 13.0. The first-order chi connectivity index (χ1) is 11.1. The van der Waals surface area contributed by atoms with E-state index in [4.69, 9.17) is 5.73 Å². The van der Waals surface area contributed by atoms with E-state index >= 15 is 0 Å². The fourth-order valence-electron chi connectivity index (χ4n) is 2.08. The van der Waals surface area contributed by atoms with E-state index in [1.165, 1.54) is 17.8 Å². The Bertz CT molecular complexity index is 634. The first-order valence-electron chi connectivity index (χ1n) is 7.57. The van der Waals surface area contributed by atoms with Crippen molar-refractivity contribution >= 4 is 17.7 Å². The number of benzene rings is 2. The summed E-state index contributed by atoms with van der Waals surface area (Å²) in [6.45, 7) is 2.41. The number of carbonyl (C=O) groups is 1. The number of nitrogens with one attached hydrogen (secondary N) is 1. The summed E-state index contributed by atoms with van der Waals surface area (Å²) in [5, 5.41) is 2.39. The van der Waals surface area contributed by atoms with Crippen LogP contribution in [0.5, 0.6) is 0 Å². The van der Waals surface area contributed by atoms with E-state index in [2.05, 4.69) is 5.32 Å². The molecule has 5 heteroatoms. The number of nitrogens with two attached hydrogens (primary N) is 1. The number of halogens is 1. The second-order valence-electron chi connectivity index (χ2n) is 5.40. The number of carbonyl (C=O) groups excluding carboxylic acids is 1. The second-order valence-corrected chi connectivity index (χ2v) is 6.54. The van der Waals surface area contributed by atoms with Crippen LogP contribution < -0.4 is 11.1 Å². The molecule has 122 valence electrons. The van der Waals surface area contributed by atoms with Crippen LogP contribution in [0.15, 0.2) is 59.5 Å². The van der Waals surface area contributed by atoms with Crippen LogP contribution in [0.3, 0.4) is 0 Å². The topological polar surface area (TPSA) is 55.1 Å². The van der Waals surface area contributed by atoms with Gasteiger partial charge in [-0.15, -0.1) is 11.8 Å². The van der Waals surface area contributed by atoms with Crippen LogP contribution >= 0.6 is 11.8 Å². The summed E-state index contributed by atoms with van der Waals surface area (Å²) in [6, 6.07) is 15.9. The number of thioether (sulfide) groups is 1. The van der Waals surface area contributed by atoms with E-state index < -0.39 is 5.25 Å². The predicted molar refractivity (Wildman–Crippen MR) is 92.7 cm³/mol. The highest BCUT2D eigenvalue weighted by Crippen LogP contribution is 2.36. The van der Waals surface area contributed by atoms with E-state index in [0.717, 1.165) is 5.56 Å². The third-order valence-corrected chi connectivity index (χ3v) is 4.63. The van der Waals surface area contributed by atoms with Gasteiger partial charge in [0.2, 0.25) is 5.91 Å². The van der Waals surface area contributed by atoms with Gasteiger partial charge in [0.1, 0.15) is 11.1 Å². The van der Waals surface area contributed by atoms with E-state index in [0.29, 0.717) is 17.9 Å². The largest absolute Gasteiger partial charge is 0.355 e. The van der Waals surface area contributed by atoms with Gasteiger partial charge in [0, 0.05) is 17.5 Å². The summed E-state index contributed by atoms with van der Waals surface area (Å²) in [6.07, 6.45) is 0.706. The molecule has 0 aromatic heterocycles. The molecule has 3 nitrogen and oxygen atoms in total. The third-order valence-electron chi connectivity index (χ3n) is 3.32. The highest BCUT2D eigenvalue weighted by Gasteiger charge is 2.22. The zero-order valence-electron chi connectivity index (χ0n) is 13.0. The minimum absolute atomic E-state index is 0.0321. The van der Waals surface area contributed by atoms with Crippen LogP contribution in [-0.2, 0) is 4.79 Å². The van der Waals surface area contributed by atoms with Crippen LogP contribution in [0, 0.1) is 5.82 Å². The van der Waals surface area contributed by atoms with Gasteiger partial charge in [-0.2, -0.15) is 0 Å². The predicted octanol–water partition coefficient (Wildman–Crippen LogP) is 3.51. The van der Waals surface area contributed by atoms with Gasteiger partial charge in [-0.05, 0) is 31.0 Å². The lowest BCUT2D eigenvalue weighted by atomic mass is 10.1. The summed E-state index contributed by atoms with van der Waals surface area (Å²) in [7, 11) is 0. The van der Waals surface area contributed by atoms with Gasteiger partial charge < -0.3 is 11.1 Å². The molecule has 2 unspecified atom stereocenters. The van der Waals surface area contributed by atoms with Crippen LogP contribution in [0.1, 0.15) is 24.2 Å². The van der Waals surface area contributed by atoms with Gasteiger partial charge in [-0.1, -0.05) is 42.5 Å². The molecule has 0 saturated heterocycles. The molecule has 0 radical (unpaired) electrons. The maximum absolute atomic E-state index is 13.9. The molecule has 0 saturated carbocycles. The van der Waals surface area contributed by atoms with Gasteiger partial charge in [0.25, 0.3) is 0 Å². The van der Waals surface area contributed by atoms with E-state index in [-0.39, 0.29) is 17.8 Å². The molecule has 2 aromatic carbocycles. The Morgan fingerprint density at radius 2 is 1.83 bits per heavy atom. The van der Waals surface area contributed by atoms with E-state index in [1.807, 2.05) is 37.3 Å². The molecule has 0 aliphatic carbocycles. The monoisotopic (exact) mass is 332 g/mol. The first kappa shape index (κ1) is 17.5. The van der Waals surface area contributed by atoms with Crippen molar-refractivity contribution in [1.82, 2.24) is 5.32 Å². The minimum Gasteiger partial charge on any atom is -0.355 e. The molecule has 0 bridgehead atoms. The van der Waals surface area contributed by atoms with Crippen LogP contribution in [0.25, 0.3) is 0 Å². The summed E-state index contributed by atoms with van der Waals surface area (Å²) < 4.78 is 13.9. The molecule has 2 rings (SSSR count). The number of rotatable bonds is 7. The highest BCUT2D eigenvalue weighted by atomic mass is 32.2. The van der Waals surface area contributed by atoms with Crippen molar-refractivity contribution in [2.45, 2.75) is 29.5 Å². The smallest absolute Gasteiger partial charge is 0.237 e. The van der Waals surface area contributed by atoms with E-state index in [9.17, 15) is 9.18 Å². The Balaban J connectivity index is 2.15. The molecule has 3 N–H and O–H groups in total. The fraction of sp³-hybridized carbons (Fsp3) is 0.278. The Hall–Kier alpha value is -1.85. The van der Waals surface area contributed by atoms with Gasteiger partial charge in [-0.3, -0.25) is 4.79 Å². The normalized spacial score (nSPS) is 13.3. The Morgan fingerprint density at radius 1 is 1.17 bits per heavy atom. The molecule has 2 atom stereocenters. The molecule has 0 aliphatic rings. The molecule has 23 heavy (non-hydrogen) atoms. The minimum atomic E-state index is -0.499. The first-order valence-corrected chi connectivity index (χ1v) is 8.45. The van der Waals surface area contributed by atoms with Crippen LogP contribution in [0.2, 0.25) is 0 Å². The lowest BCUT2D eigenvalue weighted by molar-refractivity contribution is -0.120. The molecular formula is C18H21FN2OS. The highest BCUT2D eigenvalue weighted by molar-refractivity contribution is 8.00. The van der Waals surface area contributed by atoms with Crippen LogP contribution in [0.4, 0.5) is 4.39 Å². The Morgan fingerprint density at radius 3 is 2.48 bits per heavy atom. The Kier molecular flexibility index (Phi) is 6.62. The zero-order chi connectivity index (χ0) is 16.7. The van der Waals surface area contributed by atoms with Crippen LogP contribution in [-0.4, -0.2) is 18.5 Å².